The first kappa shape index (κ1) is 13.9. The number of thioether (sulfide) groups is 1. The number of benzene rings is 1. The lowest BCUT2D eigenvalue weighted by Gasteiger charge is -2.06. The summed E-state index contributed by atoms with van der Waals surface area (Å²) in [7, 11) is 0. The normalized spacial score (nSPS) is 10.2. The number of hydrogen-bond donors (Lipinski definition) is 2. The first-order chi connectivity index (χ1) is 8.22. The number of aliphatic carboxylic acids is 1. The summed E-state index contributed by atoms with van der Waals surface area (Å²) in [4.78, 5) is 10.5. The molecule has 0 aromatic heterocycles. The molecule has 0 atom stereocenters. The monoisotopic (exact) mass is 256 g/mol. The minimum Gasteiger partial charge on any atom is -0.493 e. The lowest BCUT2D eigenvalue weighted by molar-refractivity contribution is -0.136. The van der Waals surface area contributed by atoms with E-state index in [0.29, 0.717) is 6.61 Å². The molecule has 17 heavy (non-hydrogen) atoms. The van der Waals surface area contributed by atoms with Crippen molar-refractivity contribution in [1.29, 1.82) is 0 Å². The van der Waals surface area contributed by atoms with Crippen LogP contribution in [-0.2, 0) is 11.2 Å². The van der Waals surface area contributed by atoms with Gasteiger partial charge in [-0.1, -0.05) is 12.1 Å². The molecule has 0 radical (unpaired) electrons. The molecule has 0 aliphatic rings. The minimum absolute atomic E-state index is 0.0344. The average Bonchev–Trinajstić information content (AvgIpc) is 2.30. The van der Waals surface area contributed by atoms with E-state index in [1.165, 1.54) is 0 Å². The second-order valence-corrected chi connectivity index (χ2v) is 4.62. The topological polar surface area (TPSA) is 66.8 Å². The van der Waals surface area contributed by atoms with Gasteiger partial charge in [0.05, 0.1) is 19.6 Å². The van der Waals surface area contributed by atoms with Crippen LogP contribution < -0.4 is 4.74 Å². The fourth-order valence-electron chi connectivity index (χ4n) is 1.26. The molecule has 0 saturated heterocycles. The maximum Gasteiger partial charge on any atom is 0.307 e. The Morgan fingerprint density at radius 1 is 1.24 bits per heavy atom. The molecule has 0 spiro atoms. The molecule has 0 unspecified atom stereocenters. The maximum absolute atomic E-state index is 10.5. The molecule has 0 heterocycles. The van der Waals surface area contributed by atoms with Gasteiger partial charge in [0.1, 0.15) is 5.75 Å². The Morgan fingerprint density at radius 2 is 1.94 bits per heavy atom. The van der Waals surface area contributed by atoms with Gasteiger partial charge in [-0.15, -0.1) is 0 Å². The van der Waals surface area contributed by atoms with Gasteiger partial charge in [-0.05, 0) is 17.7 Å². The summed E-state index contributed by atoms with van der Waals surface area (Å²) in [5, 5.41) is 17.2. The highest BCUT2D eigenvalue weighted by Gasteiger charge is 2.00. The van der Waals surface area contributed by atoms with Crippen LogP contribution in [-0.4, -0.2) is 40.9 Å². The Bertz CT molecular complexity index is 337. The summed E-state index contributed by atoms with van der Waals surface area (Å²) < 4.78 is 5.46. The van der Waals surface area contributed by atoms with E-state index in [0.717, 1.165) is 22.8 Å². The van der Waals surface area contributed by atoms with E-state index in [1.807, 2.05) is 0 Å². The molecule has 5 heteroatoms. The van der Waals surface area contributed by atoms with Crippen molar-refractivity contribution in [3.8, 4) is 5.75 Å². The lowest BCUT2D eigenvalue weighted by Crippen LogP contribution is -2.02. The van der Waals surface area contributed by atoms with Gasteiger partial charge in [0, 0.05) is 11.5 Å². The van der Waals surface area contributed by atoms with Crippen molar-refractivity contribution in [2.75, 3.05) is 24.7 Å². The van der Waals surface area contributed by atoms with Crippen LogP contribution in [0.3, 0.4) is 0 Å². The molecule has 0 fully saturated rings. The van der Waals surface area contributed by atoms with E-state index in [-0.39, 0.29) is 13.0 Å². The predicted octanol–water partition coefficient (Wildman–Crippen LogP) is 1.42. The van der Waals surface area contributed by atoms with E-state index < -0.39 is 5.97 Å². The standard InChI is InChI=1S/C12H16O4S/c13-5-7-17-8-6-16-11-3-1-10(2-4-11)9-12(14)15/h1-4,13H,5-9H2,(H,14,15). The Labute approximate surface area is 105 Å². The lowest BCUT2D eigenvalue weighted by atomic mass is 10.1. The van der Waals surface area contributed by atoms with Gasteiger partial charge in [-0.3, -0.25) is 4.79 Å². The molecule has 0 bridgehead atoms. The van der Waals surface area contributed by atoms with Crippen LogP contribution >= 0.6 is 11.8 Å². The fraction of sp³-hybridized carbons (Fsp3) is 0.417. The van der Waals surface area contributed by atoms with Crippen molar-refractivity contribution in [2.45, 2.75) is 6.42 Å². The van der Waals surface area contributed by atoms with Crippen LogP contribution in [0.15, 0.2) is 24.3 Å². The van der Waals surface area contributed by atoms with Crippen molar-refractivity contribution < 1.29 is 19.7 Å². The highest BCUT2D eigenvalue weighted by atomic mass is 32.2. The molecule has 94 valence electrons. The van der Waals surface area contributed by atoms with E-state index in [9.17, 15) is 4.79 Å². The van der Waals surface area contributed by atoms with Crippen LogP contribution in [0.4, 0.5) is 0 Å². The van der Waals surface area contributed by atoms with Crippen molar-refractivity contribution >= 4 is 17.7 Å². The Kier molecular flexibility index (Phi) is 6.50. The first-order valence-electron chi connectivity index (χ1n) is 5.34. The van der Waals surface area contributed by atoms with E-state index >= 15 is 0 Å². The summed E-state index contributed by atoms with van der Waals surface area (Å²) in [6.45, 7) is 0.775. The van der Waals surface area contributed by atoms with Crippen molar-refractivity contribution in [1.82, 2.24) is 0 Å². The van der Waals surface area contributed by atoms with Crippen LogP contribution in [0, 0.1) is 0 Å². The molecule has 2 N–H and O–H groups in total. The fourth-order valence-corrected chi connectivity index (χ4v) is 1.80. The van der Waals surface area contributed by atoms with Gasteiger partial charge in [0.25, 0.3) is 0 Å². The minimum atomic E-state index is -0.834. The summed E-state index contributed by atoms with van der Waals surface area (Å²) >= 11 is 1.63. The molecular formula is C12H16O4S. The number of aliphatic hydroxyl groups is 1. The third kappa shape index (κ3) is 6.19. The molecule has 1 aromatic rings. The van der Waals surface area contributed by atoms with E-state index in [1.54, 1.807) is 36.0 Å². The van der Waals surface area contributed by atoms with E-state index in [4.69, 9.17) is 14.9 Å². The second-order valence-electron chi connectivity index (χ2n) is 3.40. The van der Waals surface area contributed by atoms with Crippen molar-refractivity contribution in [3.63, 3.8) is 0 Å². The molecule has 0 aliphatic heterocycles. The third-order valence-corrected chi connectivity index (χ3v) is 2.94. The summed E-state index contributed by atoms with van der Waals surface area (Å²) in [5.74, 6) is 1.46. The van der Waals surface area contributed by atoms with Crippen molar-refractivity contribution in [3.05, 3.63) is 29.8 Å². The van der Waals surface area contributed by atoms with Crippen LogP contribution in [0.25, 0.3) is 0 Å². The smallest absolute Gasteiger partial charge is 0.307 e. The zero-order chi connectivity index (χ0) is 12.5. The van der Waals surface area contributed by atoms with Gasteiger partial charge in [0.15, 0.2) is 0 Å². The predicted molar refractivity (Wildman–Crippen MR) is 67.7 cm³/mol. The highest BCUT2D eigenvalue weighted by Crippen LogP contribution is 2.13. The van der Waals surface area contributed by atoms with Crippen molar-refractivity contribution in [2.24, 2.45) is 0 Å². The number of carbonyl (C=O) groups is 1. The largest absolute Gasteiger partial charge is 0.493 e. The van der Waals surface area contributed by atoms with Crippen LogP contribution in [0.1, 0.15) is 5.56 Å². The number of hydrogen-bond acceptors (Lipinski definition) is 4. The van der Waals surface area contributed by atoms with E-state index in [2.05, 4.69) is 0 Å². The zero-order valence-corrected chi connectivity index (χ0v) is 10.3. The average molecular weight is 256 g/mol. The summed E-state index contributed by atoms with van der Waals surface area (Å²) in [6.07, 6.45) is 0.0344. The Balaban J connectivity index is 2.28. The third-order valence-electron chi connectivity index (χ3n) is 2.01. The molecule has 4 nitrogen and oxygen atoms in total. The zero-order valence-electron chi connectivity index (χ0n) is 9.46. The molecule has 0 amide bonds. The number of carboxylic acids is 1. The number of aliphatic hydroxyl groups excluding tert-OH is 1. The van der Waals surface area contributed by atoms with Gasteiger partial charge in [0.2, 0.25) is 0 Å². The Hall–Kier alpha value is -1.20. The van der Waals surface area contributed by atoms with Crippen LogP contribution in [0.5, 0.6) is 5.75 Å². The number of carboxylic acid groups (broad SMARTS) is 1. The molecule has 0 aliphatic carbocycles. The van der Waals surface area contributed by atoms with Gasteiger partial charge in [-0.2, -0.15) is 11.8 Å². The SMILES string of the molecule is O=C(O)Cc1ccc(OCCSCCO)cc1. The quantitative estimate of drug-likeness (QED) is 0.689. The number of rotatable bonds is 8. The Morgan fingerprint density at radius 3 is 2.53 bits per heavy atom. The molecule has 0 saturated carbocycles. The molecular weight excluding hydrogens is 240 g/mol. The van der Waals surface area contributed by atoms with Gasteiger partial charge < -0.3 is 14.9 Å². The molecule has 1 aromatic carbocycles. The van der Waals surface area contributed by atoms with Gasteiger partial charge in [-0.25, -0.2) is 0 Å². The molecule has 1 rings (SSSR count). The van der Waals surface area contributed by atoms with Gasteiger partial charge >= 0.3 is 5.97 Å². The van der Waals surface area contributed by atoms with Crippen LogP contribution in [0.2, 0.25) is 0 Å². The first-order valence-corrected chi connectivity index (χ1v) is 6.50. The highest BCUT2D eigenvalue weighted by molar-refractivity contribution is 7.99. The summed E-state index contributed by atoms with van der Waals surface area (Å²) in [6, 6.07) is 7.05. The second kappa shape index (κ2) is 7.97. The summed E-state index contributed by atoms with van der Waals surface area (Å²) in [5.41, 5.74) is 0.763. The maximum atomic E-state index is 10.5. The number of ether oxygens (including phenoxy) is 1.